The first-order valence-corrected chi connectivity index (χ1v) is 8.94. The molecule has 0 bridgehead atoms. The van der Waals surface area contributed by atoms with Crippen LogP contribution in [0.25, 0.3) is 10.9 Å². The second-order valence-corrected chi connectivity index (χ2v) is 6.78. The van der Waals surface area contributed by atoms with E-state index in [1.165, 1.54) is 12.4 Å². The van der Waals surface area contributed by atoms with Gasteiger partial charge in [0.1, 0.15) is 5.82 Å². The minimum absolute atomic E-state index is 0.315. The molecule has 1 saturated heterocycles. The van der Waals surface area contributed by atoms with Crippen LogP contribution >= 0.6 is 11.6 Å². The number of hydrogen-bond donors (Lipinski definition) is 0. The van der Waals surface area contributed by atoms with E-state index in [4.69, 9.17) is 11.6 Å². The minimum Gasteiger partial charge on any atom is -0.331 e. The van der Waals surface area contributed by atoms with Crippen molar-refractivity contribution in [2.45, 2.75) is 31.9 Å². The molecule has 1 aliphatic heterocycles. The smallest absolute Gasteiger partial charge is 0.261 e. The Morgan fingerprint density at radius 3 is 2.70 bits per heavy atom. The maximum Gasteiger partial charge on any atom is 0.261 e. The molecule has 140 valence electrons. The Balaban J connectivity index is 1.86. The van der Waals surface area contributed by atoms with Crippen LogP contribution in [0.5, 0.6) is 0 Å². The standard InChI is InChI=1S/C18H16ClF2N5O/c19-11-8-22-18(23-9-11)25-7-3-6-14(25)16-24-13-5-2-1-4-12(13)17(27)26(16)10-15(20)21/h1-2,4-5,8-9,14-15H,3,6-7,10H2. The van der Waals surface area contributed by atoms with Gasteiger partial charge in [-0.25, -0.2) is 23.7 Å². The second kappa shape index (κ2) is 7.19. The van der Waals surface area contributed by atoms with Crippen molar-refractivity contribution in [1.29, 1.82) is 0 Å². The van der Waals surface area contributed by atoms with E-state index in [1.54, 1.807) is 24.3 Å². The van der Waals surface area contributed by atoms with Crippen molar-refractivity contribution < 1.29 is 8.78 Å². The summed E-state index contributed by atoms with van der Waals surface area (Å²) in [5.41, 5.74) is 0.0339. The van der Waals surface area contributed by atoms with Crippen LogP contribution in [0.3, 0.4) is 0 Å². The zero-order chi connectivity index (χ0) is 19.0. The maximum atomic E-state index is 13.2. The fraction of sp³-hybridized carbons (Fsp3) is 0.333. The Bertz CT molecular complexity index is 1020. The van der Waals surface area contributed by atoms with Crippen molar-refractivity contribution in [2.24, 2.45) is 0 Å². The molecule has 0 amide bonds. The number of para-hydroxylation sites is 1. The van der Waals surface area contributed by atoms with Gasteiger partial charge in [0.05, 0.1) is 40.9 Å². The molecule has 6 nitrogen and oxygen atoms in total. The number of hydrogen-bond acceptors (Lipinski definition) is 5. The van der Waals surface area contributed by atoms with Gasteiger partial charge in [-0.2, -0.15) is 0 Å². The fourth-order valence-electron chi connectivity index (χ4n) is 3.48. The van der Waals surface area contributed by atoms with Gasteiger partial charge in [-0.1, -0.05) is 23.7 Å². The molecule has 1 aliphatic rings. The monoisotopic (exact) mass is 391 g/mol. The van der Waals surface area contributed by atoms with Gasteiger partial charge in [0.25, 0.3) is 12.0 Å². The van der Waals surface area contributed by atoms with Crippen LogP contribution in [0.2, 0.25) is 5.02 Å². The number of benzene rings is 1. The summed E-state index contributed by atoms with van der Waals surface area (Å²) in [7, 11) is 0. The molecule has 27 heavy (non-hydrogen) atoms. The van der Waals surface area contributed by atoms with Crippen LogP contribution in [0.4, 0.5) is 14.7 Å². The number of nitrogens with zero attached hydrogens (tertiary/aromatic N) is 5. The van der Waals surface area contributed by atoms with Crippen LogP contribution in [-0.4, -0.2) is 32.5 Å². The summed E-state index contributed by atoms with van der Waals surface area (Å²) in [4.78, 5) is 27.8. The summed E-state index contributed by atoms with van der Waals surface area (Å²) < 4.78 is 27.5. The second-order valence-electron chi connectivity index (χ2n) is 6.35. The molecule has 0 aliphatic carbocycles. The number of alkyl halides is 2. The average Bonchev–Trinajstić information content (AvgIpc) is 3.14. The summed E-state index contributed by atoms with van der Waals surface area (Å²) in [6.07, 6.45) is 1.79. The van der Waals surface area contributed by atoms with Crippen molar-refractivity contribution in [3.8, 4) is 0 Å². The zero-order valence-electron chi connectivity index (χ0n) is 14.2. The summed E-state index contributed by atoms with van der Waals surface area (Å²) in [5.74, 6) is 0.753. The highest BCUT2D eigenvalue weighted by atomic mass is 35.5. The average molecular weight is 392 g/mol. The molecule has 0 saturated carbocycles. The number of rotatable bonds is 4. The highest BCUT2D eigenvalue weighted by molar-refractivity contribution is 6.30. The van der Waals surface area contributed by atoms with Crippen LogP contribution in [-0.2, 0) is 6.54 Å². The van der Waals surface area contributed by atoms with E-state index < -0.39 is 18.5 Å². The molecule has 1 atom stereocenters. The molecule has 1 unspecified atom stereocenters. The van der Waals surface area contributed by atoms with Gasteiger partial charge in [0, 0.05) is 6.54 Å². The van der Waals surface area contributed by atoms with Crippen molar-refractivity contribution in [3.05, 3.63) is 57.9 Å². The lowest BCUT2D eigenvalue weighted by molar-refractivity contribution is 0.123. The molecule has 0 spiro atoms. The topological polar surface area (TPSA) is 63.9 Å². The number of halogens is 3. The molecule has 1 aromatic carbocycles. The number of fused-ring (bicyclic) bond motifs is 1. The lowest BCUT2D eigenvalue weighted by Crippen LogP contribution is -2.34. The number of aromatic nitrogens is 4. The highest BCUT2D eigenvalue weighted by Crippen LogP contribution is 2.34. The van der Waals surface area contributed by atoms with E-state index in [0.29, 0.717) is 40.7 Å². The van der Waals surface area contributed by atoms with Crippen molar-refractivity contribution in [2.75, 3.05) is 11.4 Å². The van der Waals surface area contributed by atoms with E-state index in [9.17, 15) is 13.6 Å². The third-order valence-electron chi connectivity index (χ3n) is 4.63. The van der Waals surface area contributed by atoms with Crippen molar-refractivity contribution in [1.82, 2.24) is 19.5 Å². The molecule has 3 heterocycles. The molecule has 1 fully saturated rings. The molecule has 2 aromatic heterocycles. The molecule has 0 radical (unpaired) electrons. The van der Waals surface area contributed by atoms with Gasteiger partial charge < -0.3 is 4.90 Å². The predicted molar refractivity (Wildman–Crippen MR) is 98.4 cm³/mol. The minimum atomic E-state index is -2.66. The fourth-order valence-corrected chi connectivity index (χ4v) is 3.58. The summed E-state index contributed by atoms with van der Waals surface area (Å²) in [6.45, 7) is -0.0541. The van der Waals surface area contributed by atoms with Gasteiger partial charge >= 0.3 is 0 Å². The first-order valence-electron chi connectivity index (χ1n) is 8.56. The van der Waals surface area contributed by atoms with E-state index in [-0.39, 0.29) is 6.04 Å². The van der Waals surface area contributed by atoms with E-state index in [0.717, 1.165) is 11.0 Å². The van der Waals surface area contributed by atoms with Gasteiger partial charge in [-0.05, 0) is 25.0 Å². The molecule has 4 rings (SSSR count). The Labute approximate surface area is 158 Å². The van der Waals surface area contributed by atoms with Crippen LogP contribution in [0.15, 0.2) is 41.5 Å². The van der Waals surface area contributed by atoms with E-state index in [2.05, 4.69) is 15.0 Å². The van der Waals surface area contributed by atoms with Gasteiger partial charge in [0.2, 0.25) is 5.95 Å². The molecule has 3 aromatic rings. The Morgan fingerprint density at radius 1 is 1.22 bits per heavy atom. The Kier molecular flexibility index (Phi) is 4.73. The SMILES string of the molecule is O=c1c2ccccc2nc(C2CCCN2c2ncc(Cl)cn2)n1CC(F)F. The summed E-state index contributed by atoms with van der Waals surface area (Å²) in [6, 6.07) is 6.42. The molecule has 9 heteroatoms. The van der Waals surface area contributed by atoms with E-state index >= 15 is 0 Å². The van der Waals surface area contributed by atoms with Crippen molar-refractivity contribution >= 4 is 28.5 Å². The third-order valence-corrected chi connectivity index (χ3v) is 4.82. The normalized spacial score (nSPS) is 17.2. The molecule has 0 N–H and O–H groups in total. The third kappa shape index (κ3) is 3.37. The predicted octanol–water partition coefficient (Wildman–Crippen LogP) is 3.45. The maximum absolute atomic E-state index is 13.2. The van der Waals surface area contributed by atoms with Crippen molar-refractivity contribution in [3.63, 3.8) is 0 Å². The molecular formula is C18H16ClF2N5O. The quantitative estimate of drug-likeness (QED) is 0.681. The van der Waals surface area contributed by atoms with Gasteiger partial charge in [-0.3, -0.25) is 9.36 Å². The highest BCUT2D eigenvalue weighted by Gasteiger charge is 2.32. The lowest BCUT2D eigenvalue weighted by atomic mass is 10.1. The molecular weight excluding hydrogens is 376 g/mol. The van der Waals surface area contributed by atoms with Gasteiger partial charge in [-0.15, -0.1) is 0 Å². The Morgan fingerprint density at radius 2 is 1.96 bits per heavy atom. The number of anilines is 1. The summed E-state index contributed by atoms with van der Waals surface area (Å²) in [5, 5.41) is 0.738. The zero-order valence-corrected chi connectivity index (χ0v) is 15.0. The van der Waals surface area contributed by atoms with Gasteiger partial charge in [0.15, 0.2) is 0 Å². The van der Waals surface area contributed by atoms with Crippen LogP contribution < -0.4 is 10.5 Å². The lowest BCUT2D eigenvalue weighted by Gasteiger charge is -2.26. The van der Waals surface area contributed by atoms with E-state index in [1.807, 2.05) is 4.90 Å². The first-order chi connectivity index (χ1) is 13.0. The largest absolute Gasteiger partial charge is 0.331 e. The Hall–Kier alpha value is -2.61. The first kappa shape index (κ1) is 17.8. The summed E-state index contributed by atoms with van der Waals surface area (Å²) >= 11 is 5.86. The van der Waals surface area contributed by atoms with Crippen LogP contribution in [0.1, 0.15) is 24.7 Å². The van der Waals surface area contributed by atoms with Crippen LogP contribution in [0, 0.1) is 0 Å².